The van der Waals surface area contributed by atoms with Crippen LogP contribution in [0.4, 0.5) is 0 Å². The highest BCUT2D eigenvalue weighted by Crippen LogP contribution is 2.05. The lowest BCUT2D eigenvalue weighted by Crippen LogP contribution is -2.06. The Labute approximate surface area is 98.8 Å². The summed E-state index contributed by atoms with van der Waals surface area (Å²) in [4.78, 5) is 11.1. The van der Waals surface area contributed by atoms with Crippen LogP contribution >= 0.6 is 0 Å². The van der Waals surface area contributed by atoms with Crippen LogP contribution in [0.3, 0.4) is 0 Å². The smallest absolute Gasteiger partial charge is 0.330 e. The Balaban J connectivity index is 3.28. The molecule has 3 heteroatoms. The largest absolute Gasteiger partial charge is 0.460 e. The van der Waals surface area contributed by atoms with Gasteiger partial charge in [-0.15, -0.1) is 0 Å². The first-order valence-corrected chi connectivity index (χ1v) is 6.13. The van der Waals surface area contributed by atoms with Crippen LogP contribution in [-0.4, -0.2) is 26.3 Å². The minimum atomic E-state index is -0.273. The summed E-state index contributed by atoms with van der Waals surface area (Å²) in [5, 5.41) is 0. The number of carbonyl (C=O) groups excluding carboxylic acids is 1. The van der Waals surface area contributed by atoms with Gasteiger partial charge in [-0.1, -0.05) is 38.7 Å². The Bertz CT molecular complexity index is 188. The van der Waals surface area contributed by atoms with Crippen LogP contribution in [0.2, 0.25) is 0 Å². The fraction of sp³-hybridized carbons (Fsp3) is 0.769. The highest BCUT2D eigenvalue weighted by molar-refractivity contribution is 5.81. The lowest BCUT2D eigenvalue weighted by atomic mass is 10.1. The van der Waals surface area contributed by atoms with E-state index in [-0.39, 0.29) is 5.97 Å². The van der Waals surface area contributed by atoms with Gasteiger partial charge < -0.3 is 9.47 Å². The van der Waals surface area contributed by atoms with Gasteiger partial charge >= 0.3 is 5.97 Å². The first kappa shape index (κ1) is 15.2. The second-order valence-electron chi connectivity index (χ2n) is 3.77. The zero-order valence-corrected chi connectivity index (χ0v) is 10.5. The van der Waals surface area contributed by atoms with Gasteiger partial charge in [0.25, 0.3) is 0 Å². The number of unbranched alkanes of at least 4 members (excludes halogenated alkanes) is 5. The molecule has 0 saturated heterocycles. The van der Waals surface area contributed by atoms with Crippen LogP contribution < -0.4 is 0 Å². The standard InChI is InChI=1S/C13H24O3/c1-3-4-5-6-7-8-9-10-13(14)16-12-11-15-2/h9-10H,3-8,11-12H2,1-2H3/b10-9+. The van der Waals surface area contributed by atoms with Crippen molar-refractivity contribution in [1.29, 1.82) is 0 Å². The minimum absolute atomic E-state index is 0.273. The maximum atomic E-state index is 11.1. The third-order valence-electron chi connectivity index (χ3n) is 2.26. The van der Waals surface area contributed by atoms with Crippen molar-refractivity contribution < 1.29 is 14.3 Å². The molecule has 0 aromatic carbocycles. The molecule has 0 aromatic heterocycles. The van der Waals surface area contributed by atoms with Crippen molar-refractivity contribution in [3.8, 4) is 0 Å². The fourth-order valence-corrected chi connectivity index (χ4v) is 1.32. The zero-order chi connectivity index (χ0) is 12.1. The van der Waals surface area contributed by atoms with E-state index in [0.29, 0.717) is 13.2 Å². The van der Waals surface area contributed by atoms with Crippen molar-refractivity contribution in [1.82, 2.24) is 0 Å². The molecule has 0 heterocycles. The average Bonchev–Trinajstić information content (AvgIpc) is 2.28. The van der Waals surface area contributed by atoms with E-state index in [1.54, 1.807) is 7.11 Å². The predicted molar refractivity (Wildman–Crippen MR) is 65.4 cm³/mol. The summed E-state index contributed by atoms with van der Waals surface area (Å²) in [5.74, 6) is -0.273. The van der Waals surface area contributed by atoms with Gasteiger partial charge in [-0.2, -0.15) is 0 Å². The van der Waals surface area contributed by atoms with Crippen molar-refractivity contribution in [2.75, 3.05) is 20.3 Å². The van der Waals surface area contributed by atoms with E-state index in [0.717, 1.165) is 12.8 Å². The lowest BCUT2D eigenvalue weighted by Gasteiger charge is -1.99. The Morgan fingerprint density at radius 3 is 2.56 bits per heavy atom. The van der Waals surface area contributed by atoms with Crippen LogP contribution in [0.5, 0.6) is 0 Å². The molecule has 0 bridgehead atoms. The van der Waals surface area contributed by atoms with Crippen molar-refractivity contribution in [3.05, 3.63) is 12.2 Å². The molecule has 0 rings (SSSR count). The Hall–Kier alpha value is -0.830. The predicted octanol–water partition coefficient (Wildman–Crippen LogP) is 3.09. The summed E-state index contributed by atoms with van der Waals surface area (Å²) in [5.41, 5.74) is 0. The number of esters is 1. The van der Waals surface area contributed by atoms with E-state index < -0.39 is 0 Å². The fourth-order valence-electron chi connectivity index (χ4n) is 1.32. The molecule has 16 heavy (non-hydrogen) atoms. The second-order valence-corrected chi connectivity index (χ2v) is 3.77. The van der Waals surface area contributed by atoms with Gasteiger partial charge in [0, 0.05) is 13.2 Å². The second kappa shape index (κ2) is 12.2. The van der Waals surface area contributed by atoms with E-state index in [2.05, 4.69) is 6.92 Å². The first-order valence-electron chi connectivity index (χ1n) is 6.13. The van der Waals surface area contributed by atoms with Gasteiger partial charge in [0.2, 0.25) is 0 Å². The Morgan fingerprint density at radius 1 is 1.12 bits per heavy atom. The number of hydrogen-bond acceptors (Lipinski definition) is 3. The molecule has 0 radical (unpaired) electrons. The van der Waals surface area contributed by atoms with Gasteiger partial charge in [0.1, 0.15) is 6.61 Å². The van der Waals surface area contributed by atoms with Crippen LogP contribution in [-0.2, 0) is 14.3 Å². The van der Waals surface area contributed by atoms with Crippen molar-refractivity contribution in [2.45, 2.75) is 45.4 Å². The van der Waals surface area contributed by atoms with Crippen molar-refractivity contribution in [2.24, 2.45) is 0 Å². The molecule has 0 spiro atoms. The number of ether oxygens (including phenoxy) is 2. The SMILES string of the molecule is CCCCCCC/C=C/C(=O)OCCOC. The van der Waals surface area contributed by atoms with Gasteiger partial charge in [-0.05, 0) is 12.8 Å². The summed E-state index contributed by atoms with van der Waals surface area (Å²) < 4.78 is 9.65. The zero-order valence-electron chi connectivity index (χ0n) is 10.5. The third kappa shape index (κ3) is 11.2. The van der Waals surface area contributed by atoms with E-state index in [9.17, 15) is 4.79 Å². The van der Waals surface area contributed by atoms with Crippen LogP contribution in [0.15, 0.2) is 12.2 Å². The molecular weight excluding hydrogens is 204 g/mol. The van der Waals surface area contributed by atoms with Crippen LogP contribution in [0.1, 0.15) is 45.4 Å². The molecule has 0 aliphatic rings. The Morgan fingerprint density at radius 2 is 1.88 bits per heavy atom. The molecule has 0 aliphatic heterocycles. The summed E-state index contributed by atoms with van der Waals surface area (Å²) in [6, 6.07) is 0. The molecule has 0 aliphatic carbocycles. The minimum Gasteiger partial charge on any atom is -0.460 e. The number of carbonyl (C=O) groups is 1. The molecule has 0 N–H and O–H groups in total. The topological polar surface area (TPSA) is 35.5 Å². The highest BCUT2D eigenvalue weighted by atomic mass is 16.6. The molecule has 0 amide bonds. The van der Waals surface area contributed by atoms with Crippen LogP contribution in [0, 0.1) is 0 Å². The van der Waals surface area contributed by atoms with Gasteiger partial charge in [-0.25, -0.2) is 4.79 Å². The maximum Gasteiger partial charge on any atom is 0.330 e. The molecule has 0 atom stereocenters. The highest BCUT2D eigenvalue weighted by Gasteiger charge is 1.94. The molecule has 0 fully saturated rings. The maximum absolute atomic E-state index is 11.1. The number of allylic oxidation sites excluding steroid dienone is 1. The molecule has 0 unspecified atom stereocenters. The molecule has 94 valence electrons. The summed E-state index contributed by atoms with van der Waals surface area (Å²) in [6.07, 6.45) is 10.6. The molecule has 3 nitrogen and oxygen atoms in total. The van der Waals surface area contributed by atoms with Gasteiger partial charge in [0.15, 0.2) is 0 Å². The van der Waals surface area contributed by atoms with Crippen LogP contribution in [0.25, 0.3) is 0 Å². The van der Waals surface area contributed by atoms with Gasteiger partial charge in [-0.3, -0.25) is 0 Å². The van der Waals surface area contributed by atoms with Crippen molar-refractivity contribution >= 4 is 5.97 Å². The Kier molecular flexibility index (Phi) is 11.6. The van der Waals surface area contributed by atoms with Gasteiger partial charge in [0.05, 0.1) is 6.61 Å². The first-order chi connectivity index (χ1) is 7.81. The number of methoxy groups -OCH3 is 1. The van der Waals surface area contributed by atoms with E-state index in [1.165, 1.54) is 31.8 Å². The number of hydrogen-bond donors (Lipinski definition) is 0. The number of rotatable bonds is 10. The molecular formula is C13H24O3. The monoisotopic (exact) mass is 228 g/mol. The average molecular weight is 228 g/mol. The third-order valence-corrected chi connectivity index (χ3v) is 2.26. The summed E-state index contributed by atoms with van der Waals surface area (Å²) in [6.45, 7) is 2.99. The van der Waals surface area contributed by atoms with E-state index >= 15 is 0 Å². The summed E-state index contributed by atoms with van der Waals surface area (Å²) >= 11 is 0. The molecule has 0 saturated carbocycles. The van der Waals surface area contributed by atoms with E-state index in [1.807, 2.05) is 6.08 Å². The molecule has 0 aromatic rings. The van der Waals surface area contributed by atoms with Crippen molar-refractivity contribution in [3.63, 3.8) is 0 Å². The van der Waals surface area contributed by atoms with E-state index in [4.69, 9.17) is 9.47 Å². The summed E-state index contributed by atoms with van der Waals surface area (Å²) in [7, 11) is 1.58. The normalized spacial score (nSPS) is 10.9. The quantitative estimate of drug-likeness (QED) is 0.327. The lowest BCUT2D eigenvalue weighted by molar-refractivity contribution is -0.138.